The molecule has 0 radical (unpaired) electrons. The summed E-state index contributed by atoms with van der Waals surface area (Å²) < 4.78 is 22.0. The van der Waals surface area contributed by atoms with Crippen LogP contribution in [-0.2, 0) is 23.7 Å². The van der Waals surface area contributed by atoms with Crippen molar-refractivity contribution >= 4 is 5.97 Å². The fraction of sp³-hybridized carbons (Fsp3) is 0.912. The minimum absolute atomic E-state index is 0.121. The van der Waals surface area contributed by atoms with E-state index in [0.717, 1.165) is 12.8 Å². The first-order chi connectivity index (χ1) is 20.9. The summed E-state index contributed by atoms with van der Waals surface area (Å²) in [5.74, 6) is -0.401. The van der Waals surface area contributed by atoms with Crippen molar-refractivity contribution in [1.29, 1.82) is 0 Å². The van der Waals surface area contributed by atoms with Crippen LogP contribution in [0.15, 0.2) is 12.2 Å². The number of unbranched alkanes of at least 4 members (excludes halogenated alkanes) is 16. The molecule has 1 aliphatic heterocycles. The maximum atomic E-state index is 11.8. The molecule has 6 unspecified atom stereocenters. The van der Waals surface area contributed by atoms with Crippen LogP contribution in [0.5, 0.6) is 0 Å². The third kappa shape index (κ3) is 19.8. The molecule has 1 saturated heterocycles. The maximum absolute atomic E-state index is 11.8. The molecule has 6 atom stereocenters. The quantitative estimate of drug-likeness (QED) is 0.0493. The standard InChI is InChI=1S/C34H64O9/c1-3-5-6-7-8-9-10-11-12-13-14-15-16-17-18-19-20-21-22-23-24-40-26-28(42-30(36)4-2)27-41-34-33(39)32(38)31(37)29(25-35)43-34/h11-12,28-29,31-35,37-39H,3-10,13-27H2,1-2H3/b12-11-. The molecule has 1 rings (SSSR count). The molecule has 9 heteroatoms. The van der Waals surface area contributed by atoms with E-state index in [1.165, 1.54) is 103 Å². The predicted octanol–water partition coefficient (Wildman–Crippen LogP) is 5.74. The Morgan fingerprint density at radius 2 is 1.26 bits per heavy atom. The first-order valence-corrected chi connectivity index (χ1v) is 17.3. The Balaban J connectivity index is 2.02. The van der Waals surface area contributed by atoms with Gasteiger partial charge in [-0.25, -0.2) is 0 Å². The van der Waals surface area contributed by atoms with Crippen LogP contribution in [0.1, 0.15) is 136 Å². The van der Waals surface area contributed by atoms with Gasteiger partial charge < -0.3 is 39.4 Å². The molecule has 0 aromatic heterocycles. The molecule has 254 valence electrons. The topological polar surface area (TPSA) is 135 Å². The van der Waals surface area contributed by atoms with Crippen LogP contribution in [0.4, 0.5) is 0 Å². The molecular weight excluding hydrogens is 552 g/mol. The molecule has 9 nitrogen and oxygen atoms in total. The molecule has 4 N–H and O–H groups in total. The van der Waals surface area contributed by atoms with Gasteiger partial charge in [0.15, 0.2) is 6.29 Å². The zero-order valence-electron chi connectivity index (χ0n) is 27.2. The number of carbonyl (C=O) groups is 1. The van der Waals surface area contributed by atoms with Crippen LogP contribution < -0.4 is 0 Å². The van der Waals surface area contributed by atoms with Crippen LogP contribution in [-0.4, -0.2) is 89.6 Å². The molecule has 1 aliphatic rings. The number of allylic oxidation sites excluding steroid dienone is 2. The highest BCUT2D eigenvalue weighted by atomic mass is 16.7. The second kappa shape index (κ2) is 27.3. The molecule has 1 fully saturated rings. The van der Waals surface area contributed by atoms with E-state index in [-0.39, 0.29) is 19.6 Å². The first kappa shape index (κ1) is 40.0. The van der Waals surface area contributed by atoms with Crippen molar-refractivity contribution < 1.29 is 44.2 Å². The number of rotatable bonds is 28. The van der Waals surface area contributed by atoms with Crippen molar-refractivity contribution in [2.75, 3.05) is 26.4 Å². The summed E-state index contributed by atoms with van der Waals surface area (Å²) in [5.41, 5.74) is 0. The number of carbonyl (C=O) groups excluding carboxylic acids is 1. The van der Waals surface area contributed by atoms with Gasteiger partial charge in [0.1, 0.15) is 30.5 Å². The number of hydrogen-bond donors (Lipinski definition) is 4. The highest BCUT2D eigenvalue weighted by Crippen LogP contribution is 2.22. The molecule has 0 amide bonds. The lowest BCUT2D eigenvalue weighted by atomic mass is 9.99. The average molecular weight is 617 g/mol. The smallest absolute Gasteiger partial charge is 0.305 e. The van der Waals surface area contributed by atoms with Crippen molar-refractivity contribution in [2.45, 2.75) is 173 Å². The first-order valence-electron chi connectivity index (χ1n) is 17.3. The number of aliphatic hydroxyl groups is 4. The Morgan fingerprint density at radius 3 is 1.79 bits per heavy atom. The summed E-state index contributed by atoms with van der Waals surface area (Å²) in [6.07, 6.45) is 20.5. The second-order valence-electron chi connectivity index (χ2n) is 11.9. The molecule has 0 aliphatic carbocycles. The van der Waals surface area contributed by atoms with E-state index in [1.807, 2.05) is 0 Å². The Bertz CT molecular complexity index is 672. The van der Waals surface area contributed by atoms with Gasteiger partial charge >= 0.3 is 5.97 Å². The fourth-order valence-electron chi connectivity index (χ4n) is 5.17. The SMILES string of the molecule is CCCCCCCC/C=C\CCCCCCCCCCCCOCC(COC1OC(CO)C(O)C(O)C1O)OC(=O)CC. The fourth-order valence-corrected chi connectivity index (χ4v) is 5.17. The number of hydrogen-bond acceptors (Lipinski definition) is 9. The number of ether oxygens (including phenoxy) is 4. The van der Waals surface area contributed by atoms with E-state index < -0.39 is 49.4 Å². The van der Waals surface area contributed by atoms with Gasteiger partial charge in [0, 0.05) is 13.0 Å². The molecule has 0 saturated carbocycles. The minimum Gasteiger partial charge on any atom is -0.457 e. The summed E-state index contributed by atoms with van der Waals surface area (Å²) >= 11 is 0. The van der Waals surface area contributed by atoms with Crippen LogP contribution in [0.2, 0.25) is 0 Å². The summed E-state index contributed by atoms with van der Waals surface area (Å²) in [7, 11) is 0. The highest BCUT2D eigenvalue weighted by Gasteiger charge is 2.44. The average Bonchev–Trinajstić information content (AvgIpc) is 3.01. The van der Waals surface area contributed by atoms with Crippen molar-refractivity contribution in [1.82, 2.24) is 0 Å². The van der Waals surface area contributed by atoms with E-state index in [9.17, 15) is 25.2 Å². The summed E-state index contributed by atoms with van der Waals surface area (Å²) in [6, 6.07) is 0. The summed E-state index contributed by atoms with van der Waals surface area (Å²) in [6.45, 7) is 3.98. The maximum Gasteiger partial charge on any atom is 0.305 e. The van der Waals surface area contributed by atoms with E-state index in [1.54, 1.807) is 6.92 Å². The molecule has 0 spiro atoms. The van der Waals surface area contributed by atoms with Gasteiger partial charge in [0.05, 0.1) is 19.8 Å². The van der Waals surface area contributed by atoms with Crippen LogP contribution >= 0.6 is 0 Å². The highest BCUT2D eigenvalue weighted by molar-refractivity contribution is 5.69. The van der Waals surface area contributed by atoms with Crippen LogP contribution in [0.25, 0.3) is 0 Å². The van der Waals surface area contributed by atoms with E-state index >= 15 is 0 Å². The van der Waals surface area contributed by atoms with E-state index in [4.69, 9.17) is 18.9 Å². The zero-order chi connectivity index (χ0) is 31.5. The van der Waals surface area contributed by atoms with Gasteiger partial charge in [0.2, 0.25) is 0 Å². The van der Waals surface area contributed by atoms with Gasteiger partial charge in [-0.2, -0.15) is 0 Å². The molecule has 0 aromatic rings. The van der Waals surface area contributed by atoms with Gasteiger partial charge in [-0.05, 0) is 32.1 Å². The van der Waals surface area contributed by atoms with Gasteiger partial charge in [-0.3, -0.25) is 4.79 Å². The lowest BCUT2D eigenvalue weighted by Crippen LogP contribution is -2.59. The van der Waals surface area contributed by atoms with Crippen molar-refractivity contribution in [3.63, 3.8) is 0 Å². The Kier molecular flexibility index (Phi) is 25.3. The lowest BCUT2D eigenvalue weighted by Gasteiger charge is -2.39. The van der Waals surface area contributed by atoms with Gasteiger partial charge in [-0.15, -0.1) is 0 Å². The van der Waals surface area contributed by atoms with Crippen molar-refractivity contribution in [3.8, 4) is 0 Å². The third-order valence-electron chi connectivity index (χ3n) is 7.99. The minimum atomic E-state index is -1.53. The molecule has 43 heavy (non-hydrogen) atoms. The van der Waals surface area contributed by atoms with E-state index in [0.29, 0.717) is 6.61 Å². The van der Waals surface area contributed by atoms with Gasteiger partial charge in [0.25, 0.3) is 0 Å². The Hall–Kier alpha value is -1.07. The summed E-state index contributed by atoms with van der Waals surface area (Å²) in [4.78, 5) is 11.8. The molecule has 1 heterocycles. The van der Waals surface area contributed by atoms with E-state index in [2.05, 4.69) is 19.1 Å². The van der Waals surface area contributed by atoms with Crippen molar-refractivity contribution in [2.24, 2.45) is 0 Å². The van der Waals surface area contributed by atoms with Crippen LogP contribution in [0.3, 0.4) is 0 Å². The third-order valence-corrected chi connectivity index (χ3v) is 7.99. The van der Waals surface area contributed by atoms with Crippen LogP contribution in [0, 0.1) is 0 Å². The zero-order valence-corrected chi connectivity index (χ0v) is 27.2. The molecule has 0 bridgehead atoms. The normalized spacial score (nSPS) is 23.2. The Labute approximate surface area is 261 Å². The van der Waals surface area contributed by atoms with Gasteiger partial charge in [-0.1, -0.05) is 109 Å². The summed E-state index contributed by atoms with van der Waals surface area (Å²) in [5, 5.41) is 39.3. The molecule has 0 aromatic carbocycles. The number of esters is 1. The lowest BCUT2D eigenvalue weighted by molar-refractivity contribution is -0.305. The monoisotopic (exact) mass is 616 g/mol. The largest absolute Gasteiger partial charge is 0.457 e. The van der Waals surface area contributed by atoms with Crippen molar-refractivity contribution in [3.05, 3.63) is 12.2 Å². The Morgan fingerprint density at radius 1 is 0.721 bits per heavy atom. The second-order valence-corrected chi connectivity index (χ2v) is 11.9. The number of aliphatic hydroxyl groups excluding tert-OH is 4. The predicted molar refractivity (Wildman–Crippen MR) is 169 cm³/mol. The molecular formula is C34H64O9.